The van der Waals surface area contributed by atoms with Gasteiger partial charge in [-0.25, -0.2) is 0 Å². The van der Waals surface area contributed by atoms with Crippen LogP contribution in [-0.2, 0) is 0 Å². The molecule has 6 heteroatoms. The van der Waals surface area contributed by atoms with E-state index in [2.05, 4.69) is 36.1 Å². The molecule has 1 aliphatic rings. The van der Waals surface area contributed by atoms with Gasteiger partial charge < -0.3 is 4.74 Å². The third-order valence-corrected chi connectivity index (χ3v) is 5.00. The van der Waals surface area contributed by atoms with Crippen molar-refractivity contribution in [3.05, 3.63) is 65.2 Å². The number of nitrogens with zero attached hydrogens (tertiary/aromatic N) is 3. The van der Waals surface area contributed by atoms with Crippen LogP contribution in [0.4, 0.5) is 0 Å². The van der Waals surface area contributed by atoms with Gasteiger partial charge in [-0.15, -0.1) is 5.10 Å². The van der Waals surface area contributed by atoms with Gasteiger partial charge in [0.2, 0.25) is 0 Å². The van der Waals surface area contributed by atoms with Gasteiger partial charge in [0.1, 0.15) is 0 Å². The molecule has 0 aliphatic heterocycles. The highest BCUT2D eigenvalue weighted by Gasteiger charge is 2.45. The third kappa shape index (κ3) is 3.94. The van der Waals surface area contributed by atoms with Gasteiger partial charge in [0, 0.05) is 16.5 Å². The maximum absolute atomic E-state index is 13.2. The van der Waals surface area contributed by atoms with Gasteiger partial charge >= 0.3 is 6.01 Å². The summed E-state index contributed by atoms with van der Waals surface area (Å²) in [6.07, 6.45) is 0.819. The van der Waals surface area contributed by atoms with Crippen LogP contribution >= 0.6 is 11.6 Å². The topological polar surface area (TPSA) is 57.0 Å². The molecule has 1 aliphatic carbocycles. The van der Waals surface area contributed by atoms with Crippen LogP contribution in [0.1, 0.15) is 36.5 Å². The molecule has 1 heterocycles. The summed E-state index contributed by atoms with van der Waals surface area (Å²) in [5.74, 6) is 0.869. The Bertz CT molecular complexity index is 984. The van der Waals surface area contributed by atoms with Crippen molar-refractivity contribution >= 4 is 17.5 Å². The lowest BCUT2D eigenvalue weighted by Gasteiger charge is -2.05. The maximum Gasteiger partial charge on any atom is 0.336 e. The Morgan fingerprint density at radius 3 is 2.71 bits per heavy atom. The average Bonchev–Trinajstić information content (AvgIpc) is 3.38. The third-order valence-electron chi connectivity index (χ3n) is 4.76. The summed E-state index contributed by atoms with van der Waals surface area (Å²) < 4.78 is 7.06. The predicted octanol–water partition coefficient (Wildman–Crippen LogP) is 5.08. The van der Waals surface area contributed by atoms with Crippen molar-refractivity contribution in [1.82, 2.24) is 14.8 Å². The summed E-state index contributed by atoms with van der Waals surface area (Å²) in [7, 11) is 0. The van der Waals surface area contributed by atoms with Crippen LogP contribution in [0.25, 0.3) is 11.4 Å². The second kappa shape index (κ2) is 7.76. The highest BCUT2D eigenvalue weighted by molar-refractivity contribution is 6.30. The SMILES string of the molecule is CC(C)COc1nc(-c2cccc(Cl)c2)n(C(=O)C2CC2c2ccccc2)n1. The van der Waals surface area contributed by atoms with Crippen LogP contribution in [0.2, 0.25) is 5.02 Å². The average molecular weight is 396 g/mol. The molecule has 0 saturated heterocycles. The van der Waals surface area contributed by atoms with E-state index in [1.807, 2.05) is 30.3 Å². The molecule has 0 spiro atoms. The zero-order chi connectivity index (χ0) is 19.7. The molecule has 0 bridgehead atoms. The van der Waals surface area contributed by atoms with Gasteiger partial charge in [0.15, 0.2) is 5.82 Å². The molecule has 28 heavy (non-hydrogen) atoms. The summed E-state index contributed by atoms with van der Waals surface area (Å²) in [5.41, 5.74) is 1.92. The molecular formula is C22H22ClN3O2. The van der Waals surface area contributed by atoms with Gasteiger partial charge in [-0.1, -0.05) is 67.9 Å². The summed E-state index contributed by atoms with van der Waals surface area (Å²) in [4.78, 5) is 17.7. The molecule has 2 aromatic carbocycles. The number of carbonyl (C=O) groups is 1. The molecule has 0 amide bonds. The lowest BCUT2D eigenvalue weighted by Crippen LogP contribution is -2.17. The first kappa shape index (κ1) is 18.7. The highest BCUT2D eigenvalue weighted by atomic mass is 35.5. The maximum atomic E-state index is 13.2. The Labute approximate surface area is 169 Å². The number of halogens is 1. The number of aromatic nitrogens is 3. The molecule has 2 unspecified atom stereocenters. The van der Waals surface area contributed by atoms with Crippen molar-refractivity contribution < 1.29 is 9.53 Å². The van der Waals surface area contributed by atoms with Crippen LogP contribution < -0.4 is 4.74 Å². The Kier molecular flexibility index (Phi) is 5.18. The lowest BCUT2D eigenvalue weighted by molar-refractivity contribution is 0.0866. The standard InChI is InChI=1S/C22H22ClN3O2/c1-14(2)13-28-22-24-20(16-9-6-10-17(23)11-16)26(25-22)21(27)19-12-18(19)15-7-4-3-5-8-15/h3-11,14,18-19H,12-13H2,1-2H3. The fourth-order valence-electron chi connectivity index (χ4n) is 3.26. The van der Waals surface area contributed by atoms with E-state index in [-0.39, 0.29) is 23.8 Å². The smallest absolute Gasteiger partial charge is 0.336 e. The molecule has 1 saturated carbocycles. The Hall–Kier alpha value is -2.66. The lowest BCUT2D eigenvalue weighted by atomic mass is 10.1. The van der Waals surface area contributed by atoms with Gasteiger partial charge in [0.25, 0.3) is 5.91 Å². The molecule has 3 aromatic rings. The van der Waals surface area contributed by atoms with E-state index >= 15 is 0 Å². The number of hydrogen-bond donors (Lipinski definition) is 0. The van der Waals surface area contributed by atoms with Gasteiger partial charge in [-0.05, 0) is 36.0 Å². The largest absolute Gasteiger partial charge is 0.462 e. The highest BCUT2D eigenvalue weighted by Crippen LogP contribution is 2.48. The molecule has 144 valence electrons. The number of hydrogen-bond acceptors (Lipinski definition) is 4. The normalized spacial score (nSPS) is 18.3. The first-order valence-corrected chi connectivity index (χ1v) is 9.85. The van der Waals surface area contributed by atoms with E-state index in [4.69, 9.17) is 16.3 Å². The second-order valence-electron chi connectivity index (χ2n) is 7.54. The quantitative estimate of drug-likeness (QED) is 0.584. The zero-order valence-corrected chi connectivity index (χ0v) is 16.6. The van der Waals surface area contributed by atoms with Crippen LogP contribution in [0.5, 0.6) is 6.01 Å². The minimum Gasteiger partial charge on any atom is -0.462 e. The summed E-state index contributed by atoms with van der Waals surface area (Å²) in [5, 5.41) is 4.95. The van der Waals surface area contributed by atoms with Gasteiger partial charge in [0.05, 0.1) is 6.61 Å². The number of benzene rings is 2. The van der Waals surface area contributed by atoms with Gasteiger partial charge in [-0.2, -0.15) is 9.67 Å². The van der Waals surface area contributed by atoms with Crippen molar-refractivity contribution in [3.63, 3.8) is 0 Å². The molecular weight excluding hydrogens is 374 g/mol. The summed E-state index contributed by atoms with van der Waals surface area (Å²) in [6, 6.07) is 17.6. The molecule has 5 nitrogen and oxygen atoms in total. The van der Waals surface area contributed by atoms with Crippen molar-refractivity contribution in [3.8, 4) is 17.4 Å². The first-order chi connectivity index (χ1) is 13.5. The van der Waals surface area contributed by atoms with Crippen molar-refractivity contribution in [2.24, 2.45) is 11.8 Å². The van der Waals surface area contributed by atoms with E-state index in [9.17, 15) is 4.79 Å². The number of rotatable bonds is 6. The van der Waals surface area contributed by atoms with Gasteiger partial charge in [-0.3, -0.25) is 4.79 Å². The van der Waals surface area contributed by atoms with E-state index in [0.717, 1.165) is 12.0 Å². The van der Waals surface area contributed by atoms with E-state index in [0.29, 0.717) is 23.4 Å². The molecule has 0 radical (unpaired) electrons. The van der Waals surface area contributed by atoms with Crippen molar-refractivity contribution in [2.45, 2.75) is 26.2 Å². The van der Waals surface area contributed by atoms with Crippen LogP contribution in [-0.4, -0.2) is 27.3 Å². The molecule has 1 fully saturated rings. The van der Waals surface area contributed by atoms with Crippen molar-refractivity contribution in [1.29, 1.82) is 0 Å². The fraction of sp³-hybridized carbons (Fsp3) is 0.318. The van der Waals surface area contributed by atoms with E-state index in [1.165, 1.54) is 10.2 Å². The van der Waals surface area contributed by atoms with Crippen molar-refractivity contribution in [2.75, 3.05) is 6.61 Å². The van der Waals surface area contributed by atoms with Crippen LogP contribution in [0.3, 0.4) is 0 Å². The van der Waals surface area contributed by atoms with Crippen LogP contribution in [0.15, 0.2) is 54.6 Å². The monoisotopic (exact) mass is 395 g/mol. The van der Waals surface area contributed by atoms with Crippen LogP contribution in [0, 0.1) is 11.8 Å². The number of carbonyl (C=O) groups excluding carboxylic acids is 1. The molecule has 4 rings (SSSR count). The zero-order valence-electron chi connectivity index (χ0n) is 15.9. The Balaban J connectivity index is 1.64. The molecule has 1 aromatic heterocycles. The first-order valence-electron chi connectivity index (χ1n) is 9.48. The predicted molar refractivity (Wildman–Crippen MR) is 109 cm³/mol. The summed E-state index contributed by atoms with van der Waals surface area (Å²) in [6.45, 7) is 4.59. The minimum absolute atomic E-state index is 0.0595. The molecule has 0 N–H and O–H groups in total. The summed E-state index contributed by atoms with van der Waals surface area (Å²) >= 11 is 6.14. The second-order valence-corrected chi connectivity index (χ2v) is 7.98. The molecule has 2 atom stereocenters. The fourth-order valence-corrected chi connectivity index (χ4v) is 3.45. The number of ether oxygens (including phenoxy) is 1. The minimum atomic E-state index is -0.0972. The van der Waals surface area contributed by atoms with E-state index < -0.39 is 0 Å². The van der Waals surface area contributed by atoms with E-state index in [1.54, 1.807) is 12.1 Å². The Morgan fingerprint density at radius 1 is 1.21 bits per heavy atom. The Morgan fingerprint density at radius 2 is 2.00 bits per heavy atom.